The Morgan fingerprint density at radius 1 is 1.38 bits per heavy atom. The van der Waals surface area contributed by atoms with Crippen LogP contribution in [0.4, 0.5) is 4.79 Å². The van der Waals surface area contributed by atoms with Crippen molar-refractivity contribution in [2.24, 2.45) is 0 Å². The molecule has 0 fully saturated rings. The van der Waals surface area contributed by atoms with Crippen LogP contribution >= 0.6 is 0 Å². The molecular weight excluding hydrogens is 272 g/mol. The minimum Gasteiger partial charge on any atom is -0.496 e. The van der Waals surface area contributed by atoms with Gasteiger partial charge in [0.25, 0.3) is 5.89 Å². The lowest BCUT2D eigenvalue weighted by Gasteiger charge is -2.04. The van der Waals surface area contributed by atoms with Gasteiger partial charge in [-0.1, -0.05) is 18.2 Å². The van der Waals surface area contributed by atoms with Gasteiger partial charge in [0.05, 0.1) is 19.2 Å². The van der Waals surface area contributed by atoms with E-state index < -0.39 is 0 Å². The maximum absolute atomic E-state index is 11.4. The largest absolute Gasteiger partial charge is 0.496 e. The number of ether oxygens (including phenoxy) is 1. The topological polar surface area (TPSA) is 89.3 Å². The van der Waals surface area contributed by atoms with Crippen LogP contribution in [-0.4, -0.2) is 29.9 Å². The van der Waals surface area contributed by atoms with Gasteiger partial charge in [-0.15, -0.1) is 16.8 Å². The number of carbonyl (C=O) groups excluding carboxylic acids is 1. The molecule has 21 heavy (non-hydrogen) atoms. The molecular formula is C14H16N4O3. The average Bonchev–Trinajstić information content (AvgIpc) is 2.99. The summed E-state index contributed by atoms with van der Waals surface area (Å²) in [6.07, 6.45) is 1.59. The summed E-state index contributed by atoms with van der Waals surface area (Å²) in [6.45, 7) is 4.04. The van der Waals surface area contributed by atoms with Crippen molar-refractivity contribution in [3.05, 3.63) is 42.8 Å². The van der Waals surface area contributed by atoms with Crippen LogP contribution in [0.3, 0.4) is 0 Å². The predicted octanol–water partition coefficient (Wildman–Crippen LogP) is 1.73. The van der Waals surface area contributed by atoms with E-state index in [1.807, 2.05) is 18.2 Å². The van der Waals surface area contributed by atoms with Gasteiger partial charge in [0.1, 0.15) is 5.75 Å². The van der Waals surface area contributed by atoms with E-state index in [2.05, 4.69) is 27.4 Å². The number of hydrogen-bond donors (Lipinski definition) is 2. The van der Waals surface area contributed by atoms with Gasteiger partial charge < -0.3 is 19.8 Å². The molecule has 0 saturated carbocycles. The van der Waals surface area contributed by atoms with Gasteiger partial charge >= 0.3 is 6.03 Å². The number of aromatic nitrogens is 2. The molecule has 0 unspecified atom stereocenters. The molecule has 1 aromatic carbocycles. The first-order chi connectivity index (χ1) is 10.2. The molecule has 0 atom stereocenters. The third-order valence-electron chi connectivity index (χ3n) is 2.61. The van der Waals surface area contributed by atoms with Crippen LogP contribution < -0.4 is 15.4 Å². The zero-order chi connectivity index (χ0) is 15.1. The van der Waals surface area contributed by atoms with E-state index in [0.717, 1.165) is 0 Å². The van der Waals surface area contributed by atoms with E-state index in [-0.39, 0.29) is 12.6 Å². The highest BCUT2D eigenvalue weighted by Gasteiger charge is 2.13. The van der Waals surface area contributed by atoms with E-state index >= 15 is 0 Å². The highest BCUT2D eigenvalue weighted by molar-refractivity contribution is 5.73. The minimum atomic E-state index is -0.327. The van der Waals surface area contributed by atoms with E-state index in [9.17, 15) is 4.79 Å². The Morgan fingerprint density at radius 2 is 2.19 bits per heavy atom. The summed E-state index contributed by atoms with van der Waals surface area (Å²) in [4.78, 5) is 11.4. The molecule has 2 rings (SSSR count). The molecule has 0 spiro atoms. The highest BCUT2D eigenvalue weighted by atomic mass is 16.5. The Kier molecular flexibility index (Phi) is 4.92. The average molecular weight is 288 g/mol. The van der Waals surface area contributed by atoms with Gasteiger partial charge in [-0.25, -0.2) is 4.79 Å². The molecule has 0 aliphatic carbocycles. The van der Waals surface area contributed by atoms with Gasteiger partial charge in [-0.05, 0) is 12.1 Å². The number of hydrogen-bond acceptors (Lipinski definition) is 5. The summed E-state index contributed by atoms with van der Waals surface area (Å²) in [6, 6.07) is 7.00. The fourth-order valence-electron chi connectivity index (χ4n) is 1.64. The summed E-state index contributed by atoms with van der Waals surface area (Å²) >= 11 is 0. The maximum atomic E-state index is 11.4. The third kappa shape index (κ3) is 3.82. The van der Waals surface area contributed by atoms with Crippen LogP contribution in [0.5, 0.6) is 5.75 Å². The SMILES string of the molecule is C=CCNC(=O)NCc1nnc(-c2ccccc2OC)o1. The number of para-hydroxylation sites is 1. The second-order valence-electron chi connectivity index (χ2n) is 4.05. The van der Waals surface area contributed by atoms with E-state index in [4.69, 9.17) is 9.15 Å². The molecule has 1 aromatic heterocycles. The van der Waals surface area contributed by atoms with Crippen molar-refractivity contribution in [1.29, 1.82) is 0 Å². The van der Waals surface area contributed by atoms with Gasteiger partial charge in [-0.3, -0.25) is 0 Å². The normalized spacial score (nSPS) is 9.95. The van der Waals surface area contributed by atoms with E-state index in [1.165, 1.54) is 0 Å². The molecule has 1 heterocycles. The third-order valence-corrected chi connectivity index (χ3v) is 2.61. The number of nitrogens with zero attached hydrogens (tertiary/aromatic N) is 2. The molecule has 0 saturated heterocycles. The van der Waals surface area contributed by atoms with Crippen LogP contribution in [-0.2, 0) is 6.54 Å². The quantitative estimate of drug-likeness (QED) is 0.790. The molecule has 0 aliphatic heterocycles. The number of amides is 2. The Balaban J connectivity index is 2.01. The van der Waals surface area contributed by atoms with Crippen LogP contribution in [0.2, 0.25) is 0 Å². The van der Waals surface area contributed by atoms with Gasteiger partial charge in [0.15, 0.2) is 0 Å². The van der Waals surface area contributed by atoms with E-state index in [0.29, 0.717) is 29.6 Å². The zero-order valence-corrected chi connectivity index (χ0v) is 11.6. The second kappa shape index (κ2) is 7.09. The molecule has 0 radical (unpaired) electrons. The lowest BCUT2D eigenvalue weighted by molar-refractivity contribution is 0.240. The number of urea groups is 1. The Morgan fingerprint density at radius 3 is 2.95 bits per heavy atom. The number of rotatable bonds is 6. The number of nitrogens with one attached hydrogen (secondary N) is 2. The summed E-state index contributed by atoms with van der Waals surface area (Å²) in [7, 11) is 1.57. The first-order valence-electron chi connectivity index (χ1n) is 6.33. The Bertz CT molecular complexity index is 624. The van der Waals surface area contributed by atoms with Crippen molar-refractivity contribution in [3.8, 4) is 17.2 Å². The molecule has 2 aromatic rings. The lowest BCUT2D eigenvalue weighted by atomic mass is 10.2. The maximum Gasteiger partial charge on any atom is 0.315 e. The fraction of sp³-hybridized carbons (Fsp3) is 0.214. The van der Waals surface area contributed by atoms with Gasteiger partial charge in [0, 0.05) is 6.54 Å². The van der Waals surface area contributed by atoms with Crippen LogP contribution in [0.15, 0.2) is 41.3 Å². The molecule has 7 heteroatoms. The molecule has 110 valence electrons. The summed E-state index contributed by atoms with van der Waals surface area (Å²) in [5.74, 6) is 1.30. The molecule has 2 amide bonds. The van der Waals surface area contributed by atoms with Crippen molar-refractivity contribution in [2.45, 2.75) is 6.54 Å². The summed E-state index contributed by atoms with van der Waals surface area (Å²) in [5.41, 5.74) is 0.704. The summed E-state index contributed by atoms with van der Waals surface area (Å²) in [5, 5.41) is 13.0. The molecule has 0 bridgehead atoms. The van der Waals surface area contributed by atoms with Crippen molar-refractivity contribution in [1.82, 2.24) is 20.8 Å². The first-order valence-corrected chi connectivity index (χ1v) is 6.33. The van der Waals surface area contributed by atoms with Crippen molar-refractivity contribution < 1.29 is 13.9 Å². The van der Waals surface area contributed by atoms with Crippen LogP contribution in [0.1, 0.15) is 5.89 Å². The van der Waals surface area contributed by atoms with Crippen LogP contribution in [0.25, 0.3) is 11.5 Å². The number of methoxy groups -OCH3 is 1. The number of benzene rings is 1. The second-order valence-corrected chi connectivity index (χ2v) is 4.05. The van der Waals surface area contributed by atoms with Crippen molar-refractivity contribution >= 4 is 6.03 Å². The molecule has 0 aliphatic rings. The highest BCUT2D eigenvalue weighted by Crippen LogP contribution is 2.28. The standard InChI is InChI=1S/C14H16N4O3/c1-3-8-15-14(19)16-9-12-17-18-13(21-12)10-6-4-5-7-11(10)20-2/h3-7H,1,8-9H2,2H3,(H2,15,16,19). The predicted molar refractivity (Wildman–Crippen MR) is 76.7 cm³/mol. The fourth-order valence-corrected chi connectivity index (χ4v) is 1.64. The van der Waals surface area contributed by atoms with Gasteiger partial charge in [-0.2, -0.15) is 0 Å². The van der Waals surface area contributed by atoms with Crippen molar-refractivity contribution in [2.75, 3.05) is 13.7 Å². The first kappa shape index (κ1) is 14.6. The Labute approximate surface area is 122 Å². The zero-order valence-electron chi connectivity index (χ0n) is 11.6. The van der Waals surface area contributed by atoms with Gasteiger partial charge in [0.2, 0.25) is 5.89 Å². The lowest BCUT2D eigenvalue weighted by Crippen LogP contribution is -2.35. The minimum absolute atomic E-state index is 0.144. The van der Waals surface area contributed by atoms with Crippen molar-refractivity contribution in [3.63, 3.8) is 0 Å². The Hall–Kier alpha value is -2.83. The summed E-state index contributed by atoms with van der Waals surface area (Å²) < 4.78 is 10.7. The smallest absolute Gasteiger partial charge is 0.315 e. The monoisotopic (exact) mass is 288 g/mol. The number of carbonyl (C=O) groups is 1. The molecule has 2 N–H and O–H groups in total. The van der Waals surface area contributed by atoms with Crippen LogP contribution in [0, 0.1) is 0 Å². The molecule has 7 nitrogen and oxygen atoms in total. The van der Waals surface area contributed by atoms with E-state index in [1.54, 1.807) is 19.3 Å².